The van der Waals surface area contributed by atoms with Gasteiger partial charge in [0.2, 0.25) is 0 Å². The molecule has 1 N–H and O–H groups in total. The van der Waals surface area contributed by atoms with E-state index in [0.717, 1.165) is 0 Å². The largest absolute Gasteiger partial charge is 0.491 e. The van der Waals surface area contributed by atoms with Gasteiger partial charge in [0.15, 0.2) is 5.60 Å². The van der Waals surface area contributed by atoms with Crippen molar-refractivity contribution in [2.45, 2.75) is 57.4 Å². The van der Waals surface area contributed by atoms with Crippen LogP contribution in [-0.2, 0) is 5.41 Å². The first-order valence-electron chi connectivity index (χ1n) is 6.77. The summed E-state index contributed by atoms with van der Waals surface area (Å²) in [5, 5.41) is 9.60. The van der Waals surface area contributed by atoms with Crippen LogP contribution < -0.4 is 4.74 Å². The fourth-order valence-electron chi connectivity index (χ4n) is 2.20. The molecule has 0 saturated carbocycles. The minimum atomic E-state index is -4.77. The molecule has 0 amide bonds. The second kappa shape index (κ2) is 5.87. The zero-order valence-corrected chi connectivity index (χ0v) is 12.8. The van der Waals surface area contributed by atoms with E-state index in [1.54, 1.807) is 38.1 Å². The lowest BCUT2D eigenvalue weighted by molar-refractivity contribution is -0.247. The molecule has 119 valence electrons. The number of hydrogen-bond donors (Lipinski definition) is 1. The number of aliphatic hydroxyl groups is 1. The Morgan fingerprint density at radius 3 is 2.29 bits per heavy atom. The Bertz CT molecular complexity index is 477. The maximum absolute atomic E-state index is 12.8. The quantitative estimate of drug-likeness (QED) is 0.880. The Morgan fingerprint density at radius 2 is 1.81 bits per heavy atom. The smallest absolute Gasteiger partial charge is 0.417 e. The van der Waals surface area contributed by atoms with Gasteiger partial charge in [-0.3, -0.25) is 0 Å². The molecule has 2 nitrogen and oxygen atoms in total. The Hall–Kier alpha value is -1.23. The normalized spacial score (nSPS) is 15.9. The lowest BCUT2D eigenvalue weighted by Crippen LogP contribution is -2.46. The average molecular weight is 303 g/mol. The zero-order chi connectivity index (χ0) is 16.5. The summed E-state index contributed by atoms with van der Waals surface area (Å²) in [7, 11) is 0. The highest BCUT2D eigenvalue weighted by Crippen LogP contribution is 2.41. The van der Waals surface area contributed by atoms with Gasteiger partial charge in [0.25, 0.3) is 0 Å². The molecule has 0 heterocycles. The average Bonchev–Trinajstić information content (AvgIpc) is 2.25. The van der Waals surface area contributed by atoms with Crippen molar-refractivity contribution >= 4 is 0 Å². The summed E-state index contributed by atoms with van der Waals surface area (Å²) in [5.41, 5.74) is -3.22. The monoisotopic (exact) mass is 303 g/mol. The number of halogens is 3. The molecule has 0 aromatic heterocycles. The van der Waals surface area contributed by atoms with Crippen LogP contribution in [0.4, 0.5) is 13.2 Å². The van der Waals surface area contributed by atoms with Gasteiger partial charge in [-0.1, -0.05) is 26.0 Å². The van der Waals surface area contributed by atoms with Gasteiger partial charge in [0, 0.05) is 0 Å². The van der Waals surface area contributed by atoms with E-state index < -0.39 is 23.6 Å². The highest BCUT2D eigenvalue weighted by molar-refractivity contribution is 5.33. The van der Waals surface area contributed by atoms with Crippen LogP contribution in [0.25, 0.3) is 0 Å². The van der Waals surface area contributed by atoms with Gasteiger partial charge in [-0.15, -0.1) is 0 Å². The molecule has 1 aromatic rings. The second-order valence-corrected chi connectivity index (χ2v) is 6.28. The van der Waals surface area contributed by atoms with Gasteiger partial charge < -0.3 is 9.84 Å². The van der Waals surface area contributed by atoms with Crippen LogP contribution in [0.5, 0.6) is 5.75 Å². The maximum atomic E-state index is 12.8. The summed E-state index contributed by atoms with van der Waals surface area (Å²) in [6.07, 6.45) is -5.33. The van der Waals surface area contributed by atoms with Crippen LogP contribution in [0.3, 0.4) is 0 Å². The molecule has 1 rings (SSSR count). The zero-order valence-electron chi connectivity index (χ0n) is 12.8. The molecule has 21 heavy (non-hydrogen) atoms. The van der Waals surface area contributed by atoms with Crippen molar-refractivity contribution in [3.05, 3.63) is 36.8 Å². The summed E-state index contributed by atoms with van der Waals surface area (Å²) < 4.78 is 43.9. The highest BCUT2D eigenvalue weighted by Gasteiger charge is 2.52. The van der Waals surface area contributed by atoms with Crippen molar-refractivity contribution in [2.24, 2.45) is 0 Å². The second-order valence-electron chi connectivity index (χ2n) is 6.28. The summed E-state index contributed by atoms with van der Waals surface area (Å²) in [5.74, 6) is 0.593. The molecule has 1 aromatic carbocycles. The molecule has 0 spiro atoms. The van der Waals surface area contributed by atoms with E-state index in [4.69, 9.17) is 4.74 Å². The molecular formula is C16H22F3O2. The minimum Gasteiger partial charge on any atom is -0.491 e. The first kappa shape index (κ1) is 17.8. The van der Waals surface area contributed by atoms with Gasteiger partial charge in [0.1, 0.15) is 5.75 Å². The molecule has 0 fully saturated rings. The molecule has 1 unspecified atom stereocenters. The molecule has 0 aliphatic carbocycles. The Morgan fingerprint density at radius 1 is 1.24 bits per heavy atom. The van der Waals surface area contributed by atoms with Crippen molar-refractivity contribution < 1.29 is 23.0 Å². The lowest BCUT2D eigenvalue weighted by atomic mass is 9.75. The van der Waals surface area contributed by atoms with Crippen LogP contribution >= 0.6 is 0 Å². The van der Waals surface area contributed by atoms with E-state index in [1.807, 2.05) is 13.8 Å². The van der Waals surface area contributed by atoms with Crippen molar-refractivity contribution in [3.63, 3.8) is 0 Å². The number of benzene rings is 1. The number of alkyl halides is 3. The van der Waals surface area contributed by atoms with Crippen LogP contribution in [-0.4, -0.2) is 23.0 Å². The topological polar surface area (TPSA) is 29.5 Å². The molecule has 5 heteroatoms. The number of hydrogen-bond acceptors (Lipinski definition) is 2. The third kappa shape index (κ3) is 4.63. The fourth-order valence-corrected chi connectivity index (χ4v) is 2.20. The molecule has 0 aliphatic heterocycles. The first-order valence-corrected chi connectivity index (χ1v) is 6.77. The van der Waals surface area contributed by atoms with E-state index >= 15 is 0 Å². The van der Waals surface area contributed by atoms with Gasteiger partial charge in [-0.25, -0.2) is 0 Å². The highest BCUT2D eigenvalue weighted by atomic mass is 19.4. The first-order chi connectivity index (χ1) is 9.35. The molecule has 0 saturated heterocycles. The minimum absolute atomic E-state index is 0.0247. The molecule has 1 atom stereocenters. The van der Waals surface area contributed by atoms with Crippen LogP contribution in [0.15, 0.2) is 24.3 Å². The van der Waals surface area contributed by atoms with E-state index in [0.29, 0.717) is 11.3 Å². The molecule has 0 bridgehead atoms. The molecule has 1 radical (unpaired) electrons. The number of rotatable bonds is 5. The Balaban J connectivity index is 3.02. The van der Waals surface area contributed by atoms with E-state index in [2.05, 4.69) is 6.92 Å². The van der Waals surface area contributed by atoms with Crippen molar-refractivity contribution in [1.29, 1.82) is 0 Å². The Labute approximate surface area is 123 Å². The van der Waals surface area contributed by atoms with Gasteiger partial charge in [-0.05, 0) is 50.3 Å². The lowest BCUT2D eigenvalue weighted by Gasteiger charge is -2.35. The summed E-state index contributed by atoms with van der Waals surface area (Å²) in [6.45, 7) is 9.95. The van der Waals surface area contributed by atoms with Crippen molar-refractivity contribution in [1.82, 2.24) is 0 Å². The summed E-state index contributed by atoms with van der Waals surface area (Å²) in [6, 6.07) is 6.90. The third-order valence-electron chi connectivity index (χ3n) is 3.25. The predicted molar refractivity (Wildman–Crippen MR) is 76.2 cm³/mol. The summed E-state index contributed by atoms with van der Waals surface area (Å²) in [4.78, 5) is 0. The van der Waals surface area contributed by atoms with Gasteiger partial charge in [-0.2, -0.15) is 13.2 Å². The van der Waals surface area contributed by atoms with Gasteiger partial charge >= 0.3 is 6.18 Å². The molecule has 0 aliphatic rings. The molecular weight excluding hydrogens is 281 g/mol. The van der Waals surface area contributed by atoms with E-state index in [1.165, 1.54) is 0 Å². The SMILES string of the molecule is [CH2]C(O)(CC(C)(C)c1cccc(OC(C)C)c1)C(F)(F)F. The van der Waals surface area contributed by atoms with Crippen LogP contribution in [0.2, 0.25) is 0 Å². The predicted octanol–water partition coefficient (Wildman–Crippen LogP) is 4.27. The van der Waals surface area contributed by atoms with Crippen LogP contribution in [0.1, 0.15) is 39.7 Å². The Kier molecular flexibility index (Phi) is 4.98. The van der Waals surface area contributed by atoms with E-state index in [9.17, 15) is 18.3 Å². The van der Waals surface area contributed by atoms with Crippen molar-refractivity contribution in [3.8, 4) is 5.75 Å². The standard InChI is InChI=1S/C16H22F3O2/c1-11(2)21-13-8-6-7-12(9-13)14(3,4)10-15(5,20)16(17,18)19/h6-9,11,20H,5,10H2,1-4H3. The number of ether oxygens (including phenoxy) is 1. The maximum Gasteiger partial charge on any atom is 0.417 e. The van der Waals surface area contributed by atoms with Crippen molar-refractivity contribution in [2.75, 3.05) is 0 Å². The van der Waals surface area contributed by atoms with Crippen LogP contribution in [0, 0.1) is 6.92 Å². The van der Waals surface area contributed by atoms with Gasteiger partial charge in [0.05, 0.1) is 6.10 Å². The van der Waals surface area contributed by atoms with E-state index in [-0.39, 0.29) is 6.10 Å². The third-order valence-corrected chi connectivity index (χ3v) is 3.25. The fraction of sp³-hybridized carbons (Fsp3) is 0.562. The summed E-state index contributed by atoms with van der Waals surface area (Å²) >= 11 is 0.